The van der Waals surface area contributed by atoms with Gasteiger partial charge in [0.05, 0.1) is 12.1 Å². The zero-order valence-electron chi connectivity index (χ0n) is 15.8. The first-order valence-electron chi connectivity index (χ1n) is 9.96. The maximum absolute atomic E-state index is 13.2. The van der Waals surface area contributed by atoms with Crippen molar-refractivity contribution in [3.05, 3.63) is 30.1 Å². The zero-order chi connectivity index (χ0) is 19.4. The van der Waals surface area contributed by atoms with Crippen LogP contribution >= 0.6 is 0 Å². The summed E-state index contributed by atoms with van der Waals surface area (Å²) in [5.41, 5.74) is 0.359. The Kier molecular flexibility index (Phi) is 6.24. The quantitative estimate of drug-likeness (QED) is 0.582. The molecule has 1 saturated heterocycles. The van der Waals surface area contributed by atoms with Gasteiger partial charge in [0.1, 0.15) is 11.9 Å². The number of nitrogens with zero attached hydrogens (tertiary/aromatic N) is 2. The maximum Gasteiger partial charge on any atom is 0.257 e. The average molecular weight is 374 g/mol. The standard InChI is InChI=1S/C21H27FN2O3/c1-2-7-19(25)23(16-8-5-3-4-6-9-16)18-14-20(26)24(21(18)27)17-12-10-15(22)11-13-17/h10-13,16,18H,2-9,14H2,1H3. The van der Waals surface area contributed by atoms with Gasteiger partial charge in [-0.2, -0.15) is 0 Å². The summed E-state index contributed by atoms with van der Waals surface area (Å²) in [6.07, 6.45) is 7.21. The molecule has 0 spiro atoms. The van der Waals surface area contributed by atoms with Gasteiger partial charge < -0.3 is 4.90 Å². The number of amides is 3. The minimum atomic E-state index is -0.746. The van der Waals surface area contributed by atoms with Crippen LogP contribution in [0.1, 0.15) is 64.7 Å². The molecular weight excluding hydrogens is 347 g/mol. The molecular formula is C21H27FN2O3. The van der Waals surface area contributed by atoms with Crippen LogP contribution in [0, 0.1) is 5.82 Å². The lowest BCUT2D eigenvalue weighted by atomic mass is 10.0. The highest BCUT2D eigenvalue weighted by atomic mass is 19.1. The average Bonchev–Trinajstić information content (AvgIpc) is 2.82. The molecule has 1 heterocycles. The van der Waals surface area contributed by atoms with Gasteiger partial charge in [-0.1, -0.05) is 32.6 Å². The van der Waals surface area contributed by atoms with Crippen LogP contribution in [-0.4, -0.2) is 34.7 Å². The first-order valence-corrected chi connectivity index (χ1v) is 9.96. The van der Waals surface area contributed by atoms with E-state index in [4.69, 9.17) is 0 Å². The molecule has 3 amide bonds. The summed E-state index contributed by atoms with van der Waals surface area (Å²) in [5.74, 6) is -1.18. The number of carbonyl (C=O) groups excluding carboxylic acids is 3. The van der Waals surface area contributed by atoms with Crippen molar-refractivity contribution in [1.82, 2.24) is 4.90 Å². The fraction of sp³-hybridized carbons (Fsp3) is 0.571. The van der Waals surface area contributed by atoms with Crippen molar-refractivity contribution in [3.63, 3.8) is 0 Å². The predicted molar refractivity (Wildman–Crippen MR) is 101 cm³/mol. The lowest BCUT2D eigenvalue weighted by Gasteiger charge is -2.35. The van der Waals surface area contributed by atoms with Crippen molar-refractivity contribution in [3.8, 4) is 0 Å². The Bertz CT molecular complexity index is 696. The normalized spacial score (nSPS) is 21.4. The summed E-state index contributed by atoms with van der Waals surface area (Å²) in [4.78, 5) is 41.4. The van der Waals surface area contributed by atoms with Gasteiger partial charge in [0.2, 0.25) is 11.8 Å². The van der Waals surface area contributed by atoms with E-state index in [9.17, 15) is 18.8 Å². The van der Waals surface area contributed by atoms with Crippen molar-refractivity contribution < 1.29 is 18.8 Å². The topological polar surface area (TPSA) is 57.7 Å². The maximum atomic E-state index is 13.2. The first kappa shape index (κ1) is 19.5. The van der Waals surface area contributed by atoms with Crippen LogP contribution in [0.2, 0.25) is 0 Å². The molecule has 0 aromatic heterocycles. The van der Waals surface area contributed by atoms with Crippen LogP contribution in [0.15, 0.2) is 24.3 Å². The fourth-order valence-corrected chi connectivity index (χ4v) is 4.21. The van der Waals surface area contributed by atoms with Crippen molar-refractivity contribution in [2.24, 2.45) is 0 Å². The molecule has 1 aromatic carbocycles. The van der Waals surface area contributed by atoms with Crippen LogP contribution < -0.4 is 4.90 Å². The smallest absolute Gasteiger partial charge is 0.257 e. The van der Waals surface area contributed by atoms with E-state index in [-0.39, 0.29) is 30.2 Å². The second kappa shape index (κ2) is 8.63. The molecule has 0 N–H and O–H groups in total. The monoisotopic (exact) mass is 374 g/mol. The summed E-state index contributed by atoms with van der Waals surface area (Å²) >= 11 is 0. The van der Waals surface area contributed by atoms with Gasteiger partial charge in [-0.15, -0.1) is 0 Å². The van der Waals surface area contributed by atoms with E-state index >= 15 is 0 Å². The number of benzene rings is 1. The molecule has 1 aliphatic carbocycles. The Morgan fingerprint density at radius 1 is 1.11 bits per heavy atom. The number of hydrogen-bond acceptors (Lipinski definition) is 3. The Labute approximate surface area is 159 Å². The number of rotatable bonds is 5. The van der Waals surface area contributed by atoms with Crippen LogP contribution in [-0.2, 0) is 14.4 Å². The summed E-state index contributed by atoms with van der Waals surface area (Å²) in [7, 11) is 0. The molecule has 3 rings (SSSR count). The number of hydrogen-bond donors (Lipinski definition) is 0. The second-order valence-corrected chi connectivity index (χ2v) is 7.46. The van der Waals surface area contributed by atoms with Gasteiger partial charge in [-0.25, -0.2) is 9.29 Å². The molecule has 6 heteroatoms. The summed E-state index contributed by atoms with van der Waals surface area (Å²) in [6.45, 7) is 1.94. The van der Waals surface area contributed by atoms with Crippen molar-refractivity contribution in [2.75, 3.05) is 4.90 Å². The van der Waals surface area contributed by atoms with Crippen molar-refractivity contribution in [1.29, 1.82) is 0 Å². The van der Waals surface area contributed by atoms with Crippen LogP contribution in [0.5, 0.6) is 0 Å². The molecule has 27 heavy (non-hydrogen) atoms. The third-order valence-electron chi connectivity index (χ3n) is 5.51. The third-order valence-corrected chi connectivity index (χ3v) is 5.51. The van der Waals surface area contributed by atoms with Gasteiger partial charge >= 0.3 is 0 Å². The van der Waals surface area contributed by atoms with E-state index in [2.05, 4.69) is 0 Å². The number of carbonyl (C=O) groups is 3. The van der Waals surface area contributed by atoms with Gasteiger partial charge in [-0.05, 0) is 43.5 Å². The Morgan fingerprint density at radius 2 is 1.74 bits per heavy atom. The predicted octanol–water partition coefficient (Wildman–Crippen LogP) is 3.81. The minimum absolute atomic E-state index is 0.00215. The summed E-state index contributed by atoms with van der Waals surface area (Å²) in [5, 5.41) is 0. The lowest BCUT2D eigenvalue weighted by molar-refractivity contribution is -0.141. The Hall–Kier alpha value is -2.24. The van der Waals surface area contributed by atoms with Gasteiger partial charge in [-0.3, -0.25) is 14.4 Å². The van der Waals surface area contributed by atoms with Crippen molar-refractivity contribution >= 4 is 23.4 Å². The van der Waals surface area contributed by atoms with Crippen LogP contribution in [0.4, 0.5) is 10.1 Å². The second-order valence-electron chi connectivity index (χ2n) is 7.46. The number of imide groups is 1. The lowest BCUT2D eigenvalue weighted by Crippen LogP contribution is -2.50. The fourth-order valence-electron chi connectivity index (χ4n) is 4.21. The molecule has 0 bridgehead atoms. The first-order chi connectivity index (χ1) is 13.0. The Balaban J connectivity index is 1.87. The molecule has 1 aromatic rings. The van der Waals surface area contributed by atoms with Gasteiger partial charge in [0.15, 0.2) is 0 Å². The molecule has 5 nitrogen and oxygen atoms in total. The highest BCUT2D eigenvalue weighted by molar-refractivity contribution is 6.23. The van der Waals surface area contributed by atoms with Crippen LogP contribution in [0.25, 0.3) is 0 Å². The molecule has 2 fully saturated rings. The van der Waals surface area contributed by atoms with E-state index in [1.54, 1.807) is 4.90 Å². The van der Waals surface area contributed by atoms with E-state index in [0.717, 1.165) is 43.4 Å². The largest absolute Gasteiger partial charge is 0.327 e. The molecule has 146 valence electrons. The van der Waals surface area contributed by atoms with E-state index in [1.807, 2.05) is 6.92 Å². The SMILES string of the molecule is CCCC(=O)N(C1CCCCCC1)C1CC(=O)N(c2ccc(F)cc2)C1=O. The molecule has 2 aliphatic rings. The number of halogens is 1. The highest BCUT2D eigenvalue weighted by Crippen LogP contribution is 2.31. The minimum Gasteiger partial charge on any atom is -0.327 e. The molecule has 1 atom stereocenters. The van der Waals surface area contributed by atoms with E-state index in [0.29, 0.717) is 18.5 Å². The van der Waals surface area contributed by atoms with Gasteiger partial charge in [0, 0.05) is 12.5 Å². The number of anilines is 1. The highest BCUT2D eigenvalue weighted by Gasteiger charge is 2.46. The Morgan fingerprint density at radius 3 is 2.33 bits per heavy atom. The van der Waals surface area contributed by atoms with Gasteiger partial charge in [0.25, 0.3) is 5.91 Å². The van der Waals surface area contributed by atoms with Crippen molar-refractivity contribution in [2.45, 2.75) is 76.8 Å². The zero-order valence-corrected chi connectivity index (χ0v) is 15.8. The van der Waals surface area contributed by atoms with Crippen LogP contribution in [0.3, 0.4) is 0 Å². The van der Waals surface area contributed by atoms with E-state index in [1.165, 1.54) is 24.3 Å². The molecule has 1 unspecified atom stereocenters. The molecule has 1 saturated carbocycles. The summed E-state index contributed by atoms with van der Waals surface area (Å²) < 4.78 is 13.2. The summed E-state index contributed by atoms with van der Waals surface area (Å²) in [6, 6.07) is 4.59. The third kappa shape index (κ3) is 4.20. The van der Waals surface area contributed by atoms with E-state index < -0.39 is 11.9 Å². The molecule has 1 aliphatic heterocycles. The molecule has 0 radical (unpaired) electrons.